The van der Waals surface area contributed by atoms with Gasteiger partial charge in [-0.15, -0.1) is 11.3 Å². The molecule has 0 bridgehead atoms. The molecular weight excluding hydrogens is 351 g/mol. The van der Waals surface area contributed by atoms with Crippen LogP contribution in [0.25, 0.3) is 10.2 Å². The van der Waals surface area contributed by atoms with Crippen molar-refractivity contribution in [3.63, 3.8) is 0 Å². The van der Waals surface area contributed by atoms with Crippen molar-refractivity contribution in [2.45, 2.75) is 20.0 Å². The van der Waals surface area contributed by atoms with E-state index in [-0.39, 0.29) is 16.3 Å². The number of nitrogens with one attached hydrogen (secondary N) is 1. The Hall–Kier alpha value is -2.61. The molecule has 2 heterocycles. The largest absolute Gasteiger partial charge is 0.416 e. The molecule has 25 heavy (non-hydrogen) atoms. The van der Waals surface area contributed by atoms with Crippen LogP contribution < -0.4 is 11.1 Å². The topological polar surface area (TPSA) is 68.0 Å². The molecule has 4 nitrogen and oxygen atoms in total. The first kappa shape index (κ1) is 17.2. The zero-order chi connectivity index (χ0) is 18.4. The van der Waals surface area contributed by atoms with Crippen molar-refractivity contribution < 1.29 is 18.0 Å². The van der Waals surface area contributed by atoms with E-state index in [0.717, 1.165) is 34.7 Å². The third-order valence-corrected chi connectivity index (χ3v) is 4.78. The number of aromatic nitrogens is 1. The summed E-state index contributed by atoms with van der Waals surface area (Å²) >= 11 is 1.12. The zero-order valence-electron chi connectivity index (χ0n) is 13.4. The Morgan fingerprint density at radius 2 is 1.96 bits per heavy atom. The summed E-state index contributed by atoms with van der Waals surface area (Å²) in [5.41, 5.74) is 7.28. The summed E-state index contributed by atoms with van der Waals surface area (Å²) < 4.78 is 38.3. The number of amides is 1. The second-order valence-corrected chi connectivity index (χ2v) is 6.64. The first-order chi connectivity index (χ1) is 11.7. The fourth-order valence-electron chi connectivity index (χ4n) is 2.60. The molecular formula is C17H14F3N3OS. The minimum Gasteiger partial charge on any atom is -0.397 e. The van der Waals surface area contributed by atoms with Gasteiger partial charge in [-0.2, -0.15) is 13.2 Å². The molecule has 0 fully saturated rings. The summed E-state index contributed by atoms with van der Waals surface area (Å²) in [5.74, 6) is -0.558. The first-order valence-electron chi connectivity index (χ1n) is 7.31. The maximum atomic E-state index is 12.8. The van der Waals surface area contributed by atoms with Crippen molar-refractivity contribution in [2.75, 3.05) is 11.1 Å². The van der Waals surface area contributed by atoms with E-state index < -0.39 is 17.6 Å². The monoisotopic (exact) mass is 365 g/mol. The molecule has 0 unspecified atom stereocenters. The molecule has 0 atom stereocenters. The van der Waals surface area contributed by atoms with Crippen LogP contribution in [0.1, 0.15) is 26.5 Å². The summed E-state index contributed by atoms with van der Waals surface area (Å²) in [6, 6.07) is 6.32. The lowest BCUT2D eigenvalue weighted by Crippen LogP contribution is -2.13. The maximum absolute atomic E-state index is 12.8. The number of nitrogens with zero attached hydrogens (tertiary/aromatic N) is 1. The number of alkyl halides is 3. The van der Waals surface area contributed by atoms with Crippen molar-refractivity contribution >= 4 is 38.8 Å². The van der Waals surface area contributed by atoms with Crippen molar-refractivity contribution in [3.8, 4) is 0 Å². The number of benzene rings is 1. The maximum Gasteiger partial charge on any atom is 0.416 e. The second-order valence-electron chi connectivity index (χ2n) is 5.64. The van der Waals surface area contributed by atoms with Crippen LogP contribution >= 0.6 is 11.3 Å². The fourth-order valence-corrected chi connectivity index (χ4v) is 3.71. The van der Waals surface area contributed by atoms with Gasteiger partial charge >= 0.3 is 6.18 Å². The van der Waals surface area contributed by atoms with Gasteiger partial charge in [0, 0.05) is 16.8 Å². The second kappa shape index (κ2) is 6.03. The van der Waals surface area contributed by atoms with Crippen molar-refractivity contribution in [1.29, 1.82) is 0 Å². The molecule has 3 N–H and O–H groups in total. The van der Waals surface area contributed by atoms with Gasteiger partial charge in [0.1, 0.15) is 9.71 Å². The van der Waals surface area contributed by atoms with Gasteiger partial charge < -0.3 is 11.1 Å². The third kappa shape index (κ3) is 3.30. The number of aryl methyl sites for hydroxylation is 2. The number of rotatable bonds is 2. The van der Waals surface area contributed by atoms with Crippen LogP contribution in [0.15, 0.2) is 30.3 Å². The number of nitrogen functional groups attached to an aromatic ring is 1. The van der Waals surface area contributed by atoms with E-state index in [2.05, 4.69) is 10.3 Å². The Kier molecular flexibility index (Phi) is 4.16. The summed E-state index contributed by atoms with van der Waals surface area (Å²) in [4.78, 5) is 17.7. The van der Waals surface area contributed by atoms with Crippen LogP contribution in [0.4, 0.5) is 24.5 Å². The average Bonchev–Trinajstić information content (AvgIpc) is 2.83. The number of carbonyl (C=O) groups excluding carboxylic acids is 1. The molecule has 0 saturated carbocycles. The number of fused-ring (bicyclic) bond motifs is 1. The highest BCUT2D eigenvalue weighted by molar-refractivity contribution is 7.21. The van der Waals surface area contributed by atoms with E-state index in [4.69, 9.17) is 5.73 Å². The molecule has 1 aromatic carbocycles. The Morgan fingerprint density at radius 1 is 1.24 bits per heavy atom. The summed E-state index contributed by atoms with van der Waals surface area (Å²) in [7, 11) is 0. The van der Waals surface area contributed by atoms with Crippen LogP contribution in [-0.4, -0.2) is 10.9 Å². The average molecular weight is 365 g/mol. The summed E-state index contributed by atoms with van der Waals surface area (Å²) in [5, 5.41) is 3.17. The highest BCUT2D eigenvalue weighted by Gasteiger charge is 2.30. The minimum absolute atomic E-state index is 0.0533. The molecule has 2 aromatic heterocycles. The van der Waals surface area contributed by atoms with Crippen LogP contribution in [0, 0.1) is 13.8 Å². The lowest BCUT2D eigenvalue weighted by atomic mass is 10.1. The number of pyridine rings is 1. The Bertz CT molecular complexity index is 979. The van der Waals surface area contributed by atoms with Gasteiger partial charge in [-0.05, 0) is 43.7 Å². The Labute approximate surface area is 145 Å². The van der Waals surface area contributed by atoms with E-state index >= 15 is 0 Å². The van der Waals surface area contributed by atoms with Crippen molar-refractivity contribution in [1.82, 2.24) is 4.98 Å². The molecule has 0 spiro atoms. The van der Waals surface area contributed by atoms with Crippen LogP contribution in [-0.2, 0) is 6.18 Å². The van der Waals surface area contributed by atoms with Gasteiger partial charge in [-0.25, -0.2) is 4.98 Å². The molecule has 130 valence electrons. The van der Waals surface area contributed by atoms with E-state index in [0.29, 0.717) is 10.2 Å². The van der Waals surface area contributed by atoms with E-state index in [1.54, 1.807) is 0 Å². The quantitative estimate of drug-likeness (QED) is 0.688. The standard InChI is InChI=1S/C17H14F3N3OS/c1-8-6-9(2)22-16-12(8)13(21)14(25-16)15(24)23-11-5-3-4-10(7-11)17(18,19)20/h3-7H,21H2,1-2H3,(H,23,24). The minimum atomic E-state index is -4.48. The number of nitrogens with two attached hydrogens (primary N) is 1. The number of anilines is 2. The van der Waals surface area contributed by atoms with Crippen LogP contribution in [0.3, 0.4) is 0 Å². The molecule has 0 aliphatic carbocycles. The van der Waals surface area contributed by atoms with E-state index in [1.807, 2.05) is 19.9 Å². The fraction of sp³-hybridized carbons (Fsp3) is 0.176. The normalized spacial score (nSPS) is 11.7. The Morgan fingerprint density at radius 3 is 2.64 bits per heavy atom. The number of halogens is 3. The number of hydrogen-bond donors (Lipinski definition) is 2. The van der Waals surface area contributed by atoms with Crippen molar-refractivity contribution in [3.05, 3.63) is 52.0 Å². The summed E-state index contributed by atoms with van der Waals surface area (Å²) in [6.45, 7) is 3.71. The Balaban J connectivity index is 1.96. The van der Waals surface area contributed by atoms with Crippen LogP contribution in [0.5, 0.6) is 0 Å². The SMILES string of the molecule is Cc1cc(C)c2c(N)c(C(=O)Nc3cccc(C(F)(F)F)c3)sc2n1. The number of hydrogen-bond acceptors (Lipinski definition) is 4. The van der Waals surface area contributed by atoms with Gasteiger partial charge in [0.15, 0.2) is 0 Å². The molecule has 8 heteroatoms. The number of thiophene rings is 1. The zero-order valence-corrected chi connectivity index (χ0v) is 14.2. The first-order valence-corrected chi connectivity index (χ1v) is 8.13. The highest BCUT2D eigenvalue weighted by Crippen LogP contribution is 2.36. The molecule has 0 saturated heterocycles. The number of carbonyl (C=O) groups is 1. The predicted molar refractivity (Wildman–Crippen MR) is 92.9 cm³/mol. The van der Waals surface area contributed by atoms with E-state index in [9.17, 15) is 18.0 Å². The van der Waals surface area contributed by atoms with Crippen molar-refractivity contribution in [2.24, 2.45) is 0 Å². The van der Waals surface area contributed by atoms with Gasteiger partial charge in [0.05, 0.1) is 11.3 Å². The summed E-state index contributed by atoms with van der Waals surface area (Å²) in [6.07, 6.45) is -4.48. The lowest BCUT2D eigenvalue weighted by Gasteiger charge is -2.09. The lowest BCUT2D eigenvalue weighted by molar-refractivity contribution is -0.137. The molecule has 3 rings (SSSR count). The molecule has 3 aromatic rings. The van der Waals surface area contributed by atoms with E-state index in [1.165, 1.54) is 12.1 Å². The third-order valence-electron chi connectivity index (χ3n) is 3.68. The van der Waals surface area contributed by atoms with Gasteiger partial charge in [0.25, 0.3) is 5.91 Å². The van der Waals surface area contributed by atoms with Gasteiger partial charge in [-0.3, -0.25) is 4.79 Å². The highest BCUT2D eigenvalue weighted by atomic mass is 32.1. The molecule has 0 aliphatic rings. The predicted octanol–water partition coefficient (Wildman–Crippen LogP) is 4.77. The van der Waals surface area contributed by atoms with Crippen LogP contribution in [0.2, 0.25) is 0 Å². The van der Waals surface area contributed by atoms with Gasteiger partial charge in [0.2, 0.25) is 0 Å². The molecule has 1 amide bonds. The van der Waals surface area contributed by atoms with Gasteiger partial charge in [-0.1, -0.05) is 6.07 Å². The smallest absolute Gasteiger partial charge is 0.397 e. The molecule has 0 aliphatic heterocycles. The molecule has 0 radical (unpaired) electrons.